The number of amidine groups is 1. The lowest BCUT2D eigenvalue weighted by Gasteiger charge is -2.10. The summed E-state index contributed by atoms with van der Waals surface area (Å²) in [6.07, 6.45) is 7.85. The van der Waals surface area contributed by atoms with Crippen molar-refractivity contribution in [2.45, 2.75) is 31.7 Å². The van der Waals surface area contributed by atoms with Gasteiger partial charge in [0.15, 0.2) is 0 Å². The van der Waals surface area contributed by atoms with Gasteiger partial charge in [0.2, 0.25) is 0 Å². The van der Waals surface area contributed by atoms with Gasteiger partial charge >= 0.3 is 0 Å². The number of para-hydroxylation sites is 1. The number of aliphatic hydroxyl groups is 1. The Morgan fingerprint density at radius 3 is 3.08 bits per heavy atom. The molecule has 0 amide bonds. The van der Waals surface area contributed by atoms with Gasteiger partial charge in [0, 0.05) is 19.1 Å². The maximum absolute atomic E-state index is 9.15. The molecule has 1 fully saturated rings. The molecule has 1 aliphatic carbocycles. The Morgan fingerprint density at radius 2 is 2.29 bits per heavy atom. The molecular formula is C18H24N4OS. The van der Waals surface area contributed by atoms with Crippen LogP contribution in [0.4, 0.5) is 0 Å². The van der Waals surface area contributed by atoms with Crippen LogP contribution >= 0.6 is 11.3 Å². The average Bonchev–Trinajstić information content (AvgIpc) is 3.20. The molecule has 6 heteroatoms. The van der Waals surface area contributed by atoms with Crippen LogP contribution in [0.15, 0.2) is 41.4 Å². The molecule has 24 heavy (non-hydrogen) atoms. The number of benzene rings is 1. The van der Waals surface area contributed by atoms with Crippen molar-refractivity contribution in [3.8, 4) is 0 Å². The van der Waals surface area contributed by atoms with Gasteiger partial charge < -0.3 is 10.8 Å². The Bertz CT molecular complexity index is 692. The number of hydrogen-bond acceptors (Lipinski definition) is 5. The lowest BCUT2D eigenvalue weighted by atomic mass is 10.1. The first kappa shape index (κ1) is 17.1. The highest BCUT2D eigenvalue weighted by Crippen LogP contribution is 2.24. The van der Waals surface area contributed by atoms with E-state index in [2.05, 4.69) is 21.4 Å². The Balaban J connectivity index is 1.43. The predicted octanol–water partition coefficient (Wildman–Crippen LogP) is 2.46. The highest BCUT2D eigenvalue weighted by molar-refractivity contribution is 7.18. The molecule has 5 nitrogen and oxygen atoms in total. The van der Waals surface area contributed by atoms with Crippen molar-refractivity contribution in [3.05, 3.63) is 41.4 Å². The minimum atomic E-state index is 0.290. The van der Waals surface area contributed by atoms with Gasteiger partial charge in [-0.3, -0.25) is 10.3 Å². The van der Waals surface area contributed by atoms with Crippen LogP contribution in [0.25, 0.3) is 10.2 Å². The third kappa shape index (κ3) is 4.63. The molecule has 0 saturated heterocycles. The van der Waals surface area contributed by atoms with E-state index in [1.165, 1.54) is 4.70 Å². The molecular weight excluding hydrogens is 320 g/mol. The van der Waals surface area contributed by atoms with Crippen molar-refractivity contribution >= 4 is 27.4 Å². The summed E-state index contributed by atoms with van der Waals surface area (Å²) >= 11 is 1.71. The van der Waals surface area contributed by atoms with Gasteiger partial charge in [-0.1, -0.05) is 18.2 Å². The fourth-order valence-electron chi connectivity index (χ4n) is 3.03. The maximum atomic E-state index is 9.15. The number of thiazole rings is 1. The van der Waals surface area contributed by atoms with Crippen molar-refractivity contribution in [1.29, 1.82) is 0 Å². The smallest absolute Gasteiger partial charge is 0.119 e. The summed E-state index contributed by atoms with van der Waals surface area (Å²) in [6, 6.07) is 8.61. The molecule has 4 N–H and O–H groups in total. The van der Waals surface area contributed by atoms with E-state index in [0.717, 1.165) is 36.2 Å². The number of fused-ring (bicyclic) bond motifs is 1. The lowest BCUT2D eigenvalue weighted by Crippen LogP contribution is -2.28. The van der Waals surface area contributed by atoms with E-state index in [0.29, 0.717) is 24.5 Å². The Hall–Kier alpha value is -1.76. The van der Waals surface area contributed by atoms with Crippen molar-refractivity contribution in [3.63, 3.8) is 0 Å². The Labute approximate surface area is 146 Å². The molecule has 3 rings (SSSR count). The number of nitrogens with zero attached hydrogens (tertiary/aromatic N) is 2. The second kappa shape index (κ2) is 8.37. The van der Waals surface area contributed by atoms with Crippen LogP contribution < -0.4 is 11.1 Å². The molecule has 1 heterocycles. The summed E-state index contributed by atoms with van der Waals surface area (Å²) in [7, 11) is 0. The minimum absolute atomic E-state index is 0.290. The molecule has 1 saturated carbocycles. The zero-order valence-electron chi connectivity index (χ0n) is 13.7. The van der Waals surface area contributed by atoms with Crippen molar-refractivity contribution in [2.75, 3.05) is 13.3 Å². The summed E-state index contributed by atoms with van der Waals surface area (Å²) < 4.78 is 1.21. The highest BCUT2D eigenvalue weighted by Gasteiger charge is 2.22. The van der Waals surface area contributed by atoms with E-state index in [-0.39, 0.29) is 6.61 Å². The van der Waals surface area contributed by atoms with Crippen molar-refractivity contribution < 1.29 is 5.11 Å². The molecule has 0 spiro atoms. The Morgan fingerprint density at radius 1 is 1.42 bits per heavy atom. The zero-order chi connectivity index (χ0) is 16.8. The topological polar surface area (TPSA) is 83.5 Å². The van der Waals surface area contributed by atoms with Crippen LogP contribution in [-0.2, 0) is 6.42 Å². The summed E-state index contributed by atoms with van der Waals surface area (Å²) in [5.74, 6) is 0.970. The largest absolute Gasteiger partial charge is 0.396 e. The molecule has 0 aliphatic heterocycles. The number of hydrogen-bond donors (Lipinski definition) is 3. The number of aliphatic imine (C=N–C) groups is 1. The quantitative estimate of drug-likeness (QED) is 0.532. The zero-order valence-corrected chi connectivity index (χ0v) is 14.5. The number of aromatic nitrogens is 1. The molecule has 0 bridgehead atoms. The minimum Gasteiger partial charge on any atom is -0.396 e. The molecule has 128 valence electrons. The molecule has 1 aromatic heterocycles. The van der Waals surface area contributed by atoms with Crippen LogP contribution in [0.5, 0.6) is 0 Å². The first-order chi connectivity index (χ1) is 11.7. The van der Waals surface area contributed by atoms with Gasteiger partial charge in [-0.2, -0.15) is 0 Å². The summed E-state index contributed by atoms with van der Waals surface area (Å²) in [6.45, 7) is 0.818. The third-order valence-electron chi connectivity index (χ3n) is 4.36. The normalized spacial score (nSPS) is 22.0. The fourth-order valence-corrected chi connectivity index (χ4v) is 3.97. The monoisotopic (exact) mass is 344 g/mol. The standard InChI is InChI=1S/C18H24N4OS/c19-17(21-12-20-14-9-8-13(10-14)11-23)6-3-7-18-22-15-4-1-2-5-16(15)24-18/h1-6,13-14,20,23H,7-12H2,(H2,19,21)/b6-3-. The fraction of sp³-hybridized carbons (Fsp3) is 0.444. The van der Waals surface area contributed by atoms with Crippen LogP contribution in [0.1, 0.15) is 24.3 Å². The molecule has 2 atom stereocenters. The van der Waals surface area contributed by atoms with Gasteiger partial charge in [-0.15, -0.1) is 11.3 Å². The number of nitrogens with two attached hydrogens (primary N) is 1. The van der Waals surface area contributed by atoms with E-state index in [1.807, 2.05) is 30.4 Å². The van der Waals surface area contributed by atoms with E-state index in [4.69, 9.17) is 10.8 Å². The van der Waals surface area contributed by atoms with Gasteiger partial charge in [0.1, 0.15) is 5.84 Å². The molecule has 1 aliphatic rings. The number of allylic oxidation sites excluding steroid dienone is 1. The predicted molar refractivity (Wildman–Crippen MR) is 100 cm³/mol. The van der Waals surface area contributed by atoms with E-state index >= 15 is 0 Å². The molecule has 1 aromatic carbocycles. The van der Waals surface area contributed by atoms with E-state index < -0.39 is 0 Å². The number of nitrogens with one attached hydrogen (secondary N) is 1. The van der Waals surface area contributed by atoms with Crippen molar-refractivity contribution in [2.24, 2.45) is 16.6 Å². The van der Waals surface area contributed by atoms with Gasteiger partial charge in [-0.25, -0.2) is 4.98 Å². The van der Waals surface area contributed by atoms with E-state index in [1.54, 1.807) is 11.3 Å². The number of rotatable bonds is 7. The summed E-state index contributed by atoms with van der Waals surface area (Å²) in [5.41, 5.74) is 6.97. The van der Waals surface area contributed by atoms with Crippen LogP contribution in [-0.4, -0.2) is 35.2 Å². The second-order valence-corrected chi connectivity index (χ2v) is 7.30. The SMILES string of the molecule is NC(/C=C\Cc1nc2ccccc2s1)=N/CNC1CCC(CO)C1. The Kier molecular flexibility index (Phi) is 5.96. The van der Waals surface area contributed by atoms with Crippen LogP contribution in [0.3, 0.4) is 0 Å². The first-order valence-electron chi connectivity index (χ1n) is 8.39. The van der Waals surface area contributed by atoms with Crippen LogP contribution in [0, 0.1) is 5.92 Å². The van der Waals surface area contributed by atoms with Gasteiger partial charge in [0.05, 0.1) is 21.9 Å². The highest BCUT2D eigenvalue weighted by atomic mass is 32.1. The van der Waals surface area contributed by atoms with Crippen molar-refractivity contribution in [1.82, 2.24) is 10.3 Å². The number of aliphatic hydroxyl groups excluding tert-OH is 1. The average molecular weight is 344 g/mol. The summed E-state index contributed by atoms with van der Waals surface area (Å²) in [5, 5.41) is 13.6. The molecule has 2 aromatic rings. The second-order valence-electron chi connectivity index (χ2n) is 6.19. The summed E-state index contributed by atoms with van der Waals surface area (Å²) in [4.78, 5) is 8.92. The van der Waals surface area contributed by atoms with E-state index in [9.17, 15) is 0 Å². The molecule has 2 unspecified atom stereocenters. The first-order valence-corrected chi connectivity index (χ1v) is 9.21. The lowest BCUT2D eigenvalue weighted by molar-refractivity contribution is 0.227. The molecule has 0 radical (unpaired) electrons. The van der Waals surface area contributed by atoms with Gasteiger partial charge in [0.25, 0.3) is 0 Å². The van der Waals surface area contributed by atoms with Gasteiger partial charge in [-0.05, 0) is 43.4 Å². The third-order valence-corrected chi connectivity index (χ3v) is 5.42. The van der Waals surface area contributed by atoms with Crippen LogP contribution in [0.2, 0.25) is 0 Å². The maximum Gasteiger partial charge on any atom is 0.119 e.